The molecular formula is C24H31ClN2O3S. The minimum absolute atomic E-state index is 0.0693. The van der Waals surface area contributed by atoms with Gasteiger partial charge in [0.2, 0.25) is 0 Å². The van der Waals surface area contributed by atoms with E-state index in [0.717, 1.165) is 18.5 Å². The molecule has 0 spiro atoms. The van der Waals surface area contributed by atoms with E-state index in [4.69, 9.17) is 16.6 Å². The van der Waals surface area contributed by atoms with Crippen LogP contribution in [0.25, 0.3) is 6.08 Å². The first-order valence-electron chi connectivity index (χ1n) is 10.8. The lowest BCUT2D eigenvalue weighted by Crippen LogP contribution is -2.36. The Hall–Kier alpha value is -1.92. The van der Waals surface area contributed by atoms with Crippen LogP contribution >= 0.6 is 22.1 Å². The summed E-state index contributed by atoms with van der Waals surface area (Å²) in [4.78, 5) is 30.8. The maximum absolute atomic E-state index is 13.8. The smallest absolute Gasteiger partial charge is 0.316 e. The number of rotatable bonds is 7. The number of allylic oxidation sites excluding steroid dienone is 5. The number of halogens is 1. The van der Waals surface area contributed by atoms with Crippen LogP contribution in [0.3, 0.4) is 0 Å². The highest BCUT2D eigenvalue weighted by Gasteiger charge is 2.33. The fourth-order valence-corrected chi connectivity index (χ4v) is 5.94. The van der Waals surface area contributed by atoms with Gasteiger partial charge in [-0.1, -0.05) is 82.3 Å². The topological polar surface area (TPSA) is 72.2 Å². The minimum atomic E-state index is -0.995. The van der Waals surface area contributed by atoms with Crippen LogP contribution in [0.1, 0.15) is 70.2 Å². The highest BCUT2D eigenvalue weighted by Crippen LogP contribution is 2.40. The number of fused-ring (bicyclic) bond motifs is 1. The summed E-state index contributed by atoms with van der Waals surface area (Å²) in [6.45, 7) is 8.16. The Morgan fingerprint density at radius 3 is 2.68 bits per heavy atom. The van der Waals surface area contributed by atoms with E-state index in [0.29, 0.717) is 22.2 Å². The first kappa shape index (κ1) is 23.7. The molecule has 1 heterocycles. The molecule has 31 heavy (non-hydrogen) atoms. The van der Waals surface area contributed by atoms with Gasteiger partial charge in [-0.05, 0) is 18.4 Å². The van der Waals surface area contributed by atoms with Gasteiger partial charge in [-0.15, -0.1) is 10.5 Å². The van der Waals surface area contributed by atoms with Crippen LogP contribution in [0, 0.1) is 11.8 Å². The van der Waals surface area contributed by atoms with Crippen molar-refractivity contribution in [3.05, 3.63) is 50.9 Å². The minimum Gasteiger partial charge on any atom is -0.480 e. The normalized spacial score (nSPS) is 26.8. The molecule has 0 fully saturated rings. The fraction of sp³-hybridized carbons (Fsp3) is 0.500. The van der Waals surface area contributed by atoms with Crippen LogP contribution in [0.5, 0.6) is 0 Å². The van der Waals surface area contributed by atoms with Crippen molar-refractivity contribution in [1.82, 2.24) is 9.55 Å². The lowest BCUT2D eigenvalue weighted by molar-refractivity contribution is -0.136. The maximum Gasteiger partial charge on any atom is 0.316 e. The molecule has 1 N–H and O–H groups in total. The SMILES string of the molecule is C=S(c1nc2c(c(=O)n1C1C=CC=C(Cl)C1C)C=CC(C)C2C)C(CCCC)C(=O)O. The molecule has 0 radical (unpaired) electrons. The second-order valence-electron chi connectivity index (χ2n) is 8.49. The van der Waals surface area contributed by atoms with Gasteiger partial charge in [0.25, 0.3) is 5.56 Å². The Kier molecular flexibility index (Phi) is 7.43. The molecule has 0 bridgehead atoms. The Bertz CT molecular complexity index is 1040. The van der Waals surface area contributed by atoms with Crippen molar-refractivity contribution in [3.8, 4) is 0 Å². The number of carbonyl (C=O) groups is 1. The van der Waals surface area contributed by atoms with Crippen LogP contribution < -0.4 is 5.56 Å². The third-order valence-corrected chi connectivity index (χ3v) is 8.77. The molecule has 5 nitrogen and oxygen atoms in total. The van der Waals surface area contributed by atoms with E-state index in [1.54, 1.807) is 4.57 Å². The van der Waals surface area contributed by atoms with E-state index in [1.165, 1.54) is 0 Å². The summed E-state index contributed by atoms with van der Waals surface area (Å²) >= 11 is 6.42. The van der Waals surface area contributed by atoms with Crippen LogP contribution in [-0.2, 0) is 4.79 Å². The summed E-state index contributed by atoms with van der Waals surface area (Å²) in [5.74, 6) is 3.55. The molecule has 2 aliphatic carbocycles. The molecule has 6 atom stereocenters. The summed E-state index contributed by atoms with van der Waals surface area (Å²) in [5, 5.41) is 10.4. The van der Waals surface area contributed by atoms with E-state index >= 15 is 0 Å². The fourth-order valence-electron chi connectivity index (χ4n) is 4.12. The van der Waals surface area contributed by atoms with Gasteiger partial charge >= 0.3 is 5.97 Å². The maximum atomic E-state index is 13.8. The van der Waals surface area contributed by atoms with Crippen LogP contribution in [0.4, 0.5) is 0 Å². The van der Waals surface area contributed by atoms with Crippen molar-refractivity contribution >= 4 is 40.0 Å². The molecule has 0 saturated heterocycles. The highest BCUT2D eigenvalue weighted by molar-refractivity contribution is 8.15. The molecule has 0 aromatic carbocycles. The molecule has 1 aromatic rings. The number of nitrogens with zero attached hydrogens (tertiary/aromatic N) is 2. The number of hydrogen-bond donors (Lipinski definition) is 1. The number of aliphatic carboxylic acids is 1. The molecular weight excluding hydrogens is 432 g/mol. The highest BCUT2D eigenvalue weighted by atomic mass is 35.5. The van der Waals surface area contributed by atoms with Crippen LogP contribution in [-0.4, -0.2) is 31.7 Å². The molecule has 168 valence electrons. The second kappa shape index (κ2) is 9.70. The summed E-state index contributed by atoms with van der Waals surface area (Å²) in [7, 11) is -0.995. The number of unbranched alkanes of at least 4 members (excludes halogenated alkanes) is 1. The van der Waals surface area contributed by atoms with Crippen molar-refractivity contribution < 1.29 is 9.90 Å². The first-order valence-corrected chi connectivity index (χ1v) is 12.7. The zero-order valence-electron chi connectivity index (χ0n) is 18.5. The van der Waals surface area contributed by atoms with Gasteiger partial charge in [-0.25, -0.2) is 4.98 Å². The molecule has 1 aromatic heterocycles. The summed E-state index contributed by atoms with van der Waals surface area (Å²) < 4.78 is 1.65. The van der Waals surface area contributed by atoms with Crippen LogP contribution in [0.15, 0.2) is 39.3 Å². The van der Waals surface area contributed by atoms with Gasteiger partial charge in [0.15, 0.2) is 5.16 Å². The number of hydrogen-bond acceptors (Lipinski definition) is 3. The quantitative estimate of drug-likeness (QED) is 0.424. The predicted molar refractivity (Wildman–Crippen MR) is 130 cm³/mol. The van der Waals surface area contributed by atoms with Crippen molar-refractivity contribution in [3.63, 3.8) is 0 Å². The molecule has 6 unspecified atom stereocenters. The van der Waals surface area contributed by atoms with E-state index in [9.17, 15) is 14.7 Å². The number of carboxylic acids is 1. The Balaban J connectivity index is 2.24. The molecule has 2 aliphatic rings. The summed E-state index contributed by atoms with van der Waals surface area (Å²) in [6.07, 6.45) is 11.7. The zero-order valence-corrected chi connectivity index (χ0v) is 20.1. The van der Waals surface area contributed by atoms with E-state index in [-0.39, 0.29) is 29.4 Å². The van der Waals surface area contributed by atoms with Gasteiger partial charge in [-0.2, -0.15) is 0 Å². The molecule has 7 heteroatoms. The molecule has 0 aliphatic heterocycles. The molecule has 0 saturated carbocycles. The Labute approximate surface area is 191 Å². The van der Waals surface area contributed by atoms with Crippen molar-refractivity contribution in [2.24, 2.45) is 11.8 Å². The number of carboxylic acid groups (broad SMARTS) is 1. The van der Waals surface area contributed by atoms with E-state index in [2.05, 4.69) is 19.7 Å². The molecule has 0 amide bonds. The number of aromatic nitrogens is 2. The Morgan fingerprint density at radius 1 is 1.32 bits per heavy atom. The monoisotopic (exact) mass is 462 g/mol. The van der Waals surface area contributed by atoms with E-state index in [1.807, 2.05) is 44.2 Å². The third kappa shape index (κ3) is 4.51. The third-order valence-electron chi connectivity index (χ3n) is 6.42. The summed E-state index contributed by atoms with van der Waals surface area (Å²) in [5.41, 5.74) is 1.17. The lowest BCUT2D eigenvalue weighted by atomic mass is 9.85. The molecule has 3 rings (SSSR count). The zero-order chi connectivity index (χ0) is 22.9. The van der Waals surface area contributed by atoms with Gasteiger partial charge in [0, 0.05) is 16.9 Å². The van der Waals surface area contributed by atoms with Crippen molar-refractivity contribution in [2.75, 3.05) is 0 Å². The average Bonchev–Trinajstić information content (AvgIpc) is 2.73. The van der Waals surface area contributed by atoms with Gasteiger partial charge < -0.3 is 5.11 Å². The van der Waals surface area contributed by atoms with Crippen LogP contribution in [0.2, 0.25) is 0 Å². The Morgan fingerprint density at radius 2 is 2.03 bits per heavy atom. The van der Waals surface area contributed by atoms with E-state index < -0.39 is 21.7 Å². The van der Waals surface area contributed by atoms with Gasteiger partial charge in [0.05, 0.1) is 17.3 Å². The average molecular weight is 463 g/mol. The van der Waals surface area contributed by atoms with Crippen molar-refractivity contribution in [1.29, 1.82) is 0 Å². The van der Waals surface area contributed by atoms with Gasteiger partial charge in [-0.3, -0.25) is 14.2 Å². The first-order chi connectivity index (χ1) is 14.7. The largest absolute Gasteiger partial charge is 0.480 e. The summed E-state index contributed by atoms with van der Waals surface area (Å²) in [6, 6.07) is -0.335. The van der Waals surface area contributed by atoms with Gasteiger partial charge in [0.1, 0.15) is 5.25 Å². The predicted octanol–water partition coefficient (Wildman–Crippen LogP) is 5.58. The lowest BCUT2D eigenvalue weighted by Gasteiger charge is -2.32. The standard InChI is InChI=1S/C24H31ClN2O3S/c1-6-7-11-20(23(29)30)31(5)24-26-21-15(3)14(2)12-13-17(21)22(28)27(24)19-10-8-9-18(25)16(19)4/h8-10,12-16,19-20H,5-7,11H2,1-4H3,(H,29,30). The second-order valence-corrected chi connectivity index (χ2v) is 10.7. The van der Waals surface area contributed by atoms with Crippen molar-refractivity contribution in [2.45, 2.75) is 69.3 Å².